The summed E-state index contributed by atoms with van der Waals surface area (Å²) in [6, 6.07) is 7.09. The molecule has 0 unspecified atom stereocenters. The summed E-state index contributed by atoms with van der Waals surface area (Å²) in [5, 5.41) is 2.73. The maximum absolute atomic E-state index is 11.7. The maximum atomic E-state index is 11.7. The maximum Gasteiger partial charge on any atom is 0.251 e. The van der Waals surface area contributed by atoms with Crippen molar-refractivity contribution in [3.63, 3.8) is 0 Å². The predicted molar refractivity (Wildman–Crippen MR) is 74.4 cm³/mol. The number of carbonyl (C=O) groups excluding carboxylic acids is 2. The number of hydrogen-bond acceptors (Lipinski definition) is 2. The van der Waals surface area contributed by atoms with E-state index in [2.05, 4.69) is 21.2 Å². The Morgan fingerprint density at radius 3 is 2.44 bits per heavy atom. The molecular weight excluding hydrogens is 296 g/mol. The molecule has 2 amide bonds. The van der Waals surface area contributed by atoms with Crippen LogP contribution in [0, 0.1) is 0 Å². The highest BCUT2D eigenvalue weighted by molar-refractivity contribution is 9.10. The van der Waals surface area contributed by atoms with E-state index in [9.17, 15) is 9.59 Å². The molecule has 0 aliphatic carbocycles. The Morgan fingerprint density at radius 1 is 1.28 bits per heavy atom. The number of amides is 2. The zero-order chi connectivity index (χ0) is 13.5. The summed E-state index contributed by atoms with van der Waals surface area (Å²) in [6.45, 7) is 2.95. The van der Waals surface area contributed by atoms with Gasteiger partial charge in [-0.05, 0) is 31.2 Å². The highest BCUT2D eigenvalue weighted by Gasteiger charge is 2.08. The van der Waals surface area contributed by atoms with Crippen molar-refractivity contribution in [3.8, 4) is 0 Å². The first-order chi connectivity index (χ1) is 8.54. The summed E-state index contributed by atoms with van der Waals surface area (Å²) in [5.74, 6) is -0.122. The lowest BCUT2D eigenvalue weighted by molar-refractivity contribution is -0.129. The second-order valence-electron chi connectivity index (χ2n) is 3.92. The molecule has 1 aromatic carbocycles. The van der Waals surface area contributed by atoms with Crippen LogP contribution >= 0.6 is 15.9 Å². The SMILES string of the molecule is CCN(C)C(=O)CCNC(=O)c1ccc(Br)cc1. The van der Waals surface area contributed by atoms with Crippen molar-refractivity contribution in [1.29, 1.82) is 0 Å². The van der Waals surface area contributed by atoms with E-state index in [-0.39, 0.29) is 11.8 Å². The molecule has 0 atom stereocenters. The van der Waals surface area contributed by atoms with E-state index >= 15 is 0 Å². The lowest BCUT2D eigenvalue weighted by Gasteiger charge is -2.14. The van der Waals surface area contributed by atoms with E-state index in [1.165, 1.54) is 0 Å². The number of rotatable bonds is 5. The van der Waals surface area contributed by atoms with Crippen molar-refractivity contribution in [2.45, 2.75) is 13.3 Å². The number of halogens is 1. The number of nitrogens with zero attached hydrogens (tertiary/aromatic N) is 1. The standard InChI is InChI=1S/C13H17BrN2O2/c1-3-16(2)12(17)8-9-15-13(18)10-4-6-11(14)7-5-10/h4-7H,3,8-9H2,1-2H3,(H,15,18). The van der Waals surface area contributed by atoms with Gasteiger partial charge in [-0.25, -0.2) is 0 Å². The van der Waals surface area contributed by atoms with Gasteiger partial charge < -0.3 is 10.2 Å². The monoisotopic (exact) mass is 312 g/mol. The fourth-order valence-electron chi connectivity index (χ4n) is 1.35. The van der Waals surface area contributed by atoms with E-state index in [0.717, 1.165) is 4.47 Å². The molecule has 0 heterocycles. The first kappa shape index (κ1) is 14.7. The molecule has 0 radical (unpaired) electrons. The van der Waals surface area contributed by atoms with Crippen LogP contribution in [0.3, 0.4) is 0 Å². The van der Waals surface area contributed by atoms with Gasteiger partial charge in [-0.2, -0.15) is 0 Å². The molecule has 1 N–H and O–H groups in total. The minimum absolute atomic E-state index is 0.0357. The highest BCUT2D eigenvalue weighted by Crippen LogP contribution is 2.10. The van der Waals surface area contributed by atoms with Gasteiger partial charge in [0.25, 0.3) is 5.91 Å². The Labute approximate surface area is 115 Å². The summed E-state index contributed by atoms with van der Waals surface area (Å²) < 4.78 is 0.929. The van der Waals surface area contributed by atoms with Crippen LogP contribution in [0.5, 0.6) is 0 Å². The molecule has 0 saturated heterocycles. The van der Waals surface area contributed by atoms with E-state index < -0.39 is 0 Å². The number of nitrogens with one attached hydrogen (secondary N) is 1. The van der Waals surface area contributed by atoms with Crippen LogP contribution in [-0.2, 0) is 4.79 Å². The predicted octanol–water partition coefficient (Wildman–Crippen LogP) is 2.05. The summed E-state index contributed by atoms with van der Waals surface area (Å²) in [4.78, 5) is 24.9. The third kappa shape index (κ3) is 4.49. The molecule has 18 heavy (non-hydrogen) atoms. The zero-order valence-electron chi connectivity index (χ0n) is 10.6. The minimum Gasteiger partial charge on any atom is -0.352 e. The Kier molecular flexibility index (Phi) is 5.85. The van der Waals surface area contributed by atoms with Crippen molar-refractivity contribution in [3.05, 3.63) is 34.3 Å². The average molecular weight is 313 g/mol. The van der Waals surface area contributed by atoms with Gasteiger partial charge in [-0.3, -0.25) is 9.59 Å². The smallest absolute Gasteiger partial charge is 0.251 e. The van der Waals surface area contributed by atoms with E-state index in [1.807, 2.05) is 19.1 Å². The van der Waals surface area contributed by atoms with Gasteiger partial charge in [-0.1, -0.05) is 15.9 Å². The van der Waals surface area contributed by atoms with Crippen molar-refractivity contribution in [2.75, 3.05) is 20.1 Å². The average Bonchev–Trinajstić information content (AvgIpc) is 2.38. The van der Waals surface area contributed by atoms with E-state index in [4.69, 9.17) is 0 Å². The van der Waals surface area contributed by atoms with Gasteiger partial charge in [0, 0.05) is 36.6 Å². The molecule has 0 spiro atoms. The lowest BCUT2D eigenvalue weighted by Crippen LogP contribution is -2.31. The van der Waals surface area contributed by atoms with Gasteiger partial charge in [0.05, 0.1) is 0 Å². The van der Waals surface area contributed by atoms with Crippen LogP contribution in [-0.4, -0.2) is 36.9 Å². The molecule has 1 aromatic rings. The second kappa shape index (κ2) is 7.16. The molecular formula is C13H17BrN2O2. The van der Waals surface area contributed by atoms with Gasteiger partial charge in [0.15, 0.2) is 0 Å². The molecule has 0 aliphatic heterocycles. The van der Waals surface area contributed by atoms with E-state index in [0.29, 0.717) is 25.1 Å². The Morgan fingerprint density at radius 2 is 1.89 bits per heavy atom. The Balaban J connectivity index is 2.38. The highest BCUT2D eigenvalue weighted by atomic mass is 79.9. The molecule has 1 rings (SSSR count). The van der Waals surface area contributed by atoms with Crippen molar-refractivity contribution in [2.24, 2.45) is 0 Å². The second-order valence-corrected chi connectivity index (χ2v) is 4.84. The third-order valence-corrected chi connectivity index (χ3v) is 3.16. The third-order valence-electron chi connectivity index (χ3n) is 2.63. The molecule has 5 heteroatoms. The van der Waals surface area contributed by atoms with Gasteiger partial charge in [0.1, 0.15) is 0 Å². The lowest BCUT2D eigenvalue weighted by atomic mass is 10.2. The van der Waals surface area contributed by atoms with Crippen LogP contribution in [0.2, 0.25) is 0 Å². The number of carbonyl (C=O) groups is 2. The molecule has 0 aliphatic rings. The Hall–Kier alpha value is -1.36. The first-order valence-corrected chi connectivity index (χ1v) is 6.61. The summed E-state index contributed by atoms with van der Waals surface area (Å²) in [6.07, 6.45) is 0.326. The van der Waals surface area contributed by atoms with Crippen molar-refractivity contribution < 1.29 is 9.59 Å². The number of hydrogen-bond donors (Lipinski definition) is 1. The molecule has 98 valence electrons. The first-order valence-electron chi connectivity index (χ1n) is 5.82. The van der Waals surface area contributed by atoms with Crippen LogP contribution in [0.4, 0.5) is 0 Å². The topological polar surface area (TPSA) is 49.4 Å². The van der Waals surface area contributed by atoms with Gasteiger partial charge in [-0.15, -0.1) is 0 Å². The van der Waals surface area contributed by atoms with Gasteiger partial charge in [0.2, 0.25) is 5.91 Å². The molecule has 0 fully saturated rings. The normalized spacial score (nSPS) is 9.94. The van der Waals surface area contributed by atoms with Crippen LogP contribution in [0.1, 0.15) is 23.7 Å². The summed E-state index contributed by atoms with van der Waals surface area (Å²) >= 11 is 3.31. The molecule has 0 bridgehead atoms. The fraction of sp³-hybridized carbons (Fsp3) is 0.385. The van der Waals surface area contributed by atoms with E-state index in [1.54, 1.807) is 24.1 Å². The largest absolute Gasteiger partial charge is 0.352 e. The summed E-state index contributed by atoms with van der Waals surface area (Å²) in [5.41, 5.74) is 0.592. The quantitative estimate of drug-likeness (QED) is 0.904. The fourth-order valence-corrected chi connectivity index (χ4v) is 1.62. The summed E-state index contributed by atoms with van der Waals surface area (Å²) in [7, 11) is 1.75. The van der Waals surface area contributed by atoms with Crippen molar-refractivity contribution in [1.82, 2.24) is 10.2 Å². The molecule has 0 aromatic heterocycles. The minimum atomic E-state index is -0.158. The van der Waals surface area contributed by atoms with Crippen LogP contribution in [0.25, 0.3) is 0 Å². The number of benzene rings is 1. The van der Waals surface area contributed by atoms with Crippen LogP contribution < -0.4 is 5.32 Å². The van der Waals surface area contributed by atoms with Crippen molar-refractivity contribution >= 4 is 27.7 Å². The molecule has 0 saturated carbocycles. The Bertz CT molecular complexity index is 418. The van der Waals surface area contributed by atoms with Gasteiger partial charge >= 0.3 is 0 Å². The zero-order valence-corrected chi connectivity index (χ0v) is 12.2. The van der Waals surface area contributed by atoms with Crippen LogP contribution in [0.15, 0.2) is 28.7 Å². The molecule has 4 nitrogen and oxygen atoms in total.